The van der Waals surface area contributed by atoms with Gasteiger partial charge < -0.3 is 13.9 Å². The van der Waals surface area contributed by atoms with E-state index in [4.69, 9.17) is 13.9 Å². The number of hydrogen-bond donors (Lipinski definition) is 1. The standard InChI is InChI=1S/C33H47F5NO4SSi/c1-21(2)29-27-28(26-24(39(29)40)19-32(13-8-14-32)20-25(26)43-45(6,7)31(3,4)5)33(15-17-41-18-16-33)42-30(27)22-9-11-23(12-10-22)44(34,35,36,37)38/h9-12,21,25,30,40H,8,13-20H2,1-7H3/q+1. The van der Waals surface area contributed by atoms with Crippen LogP contribution in [0.4, 0.5) is 19.4 Å². The van der Waals surface area contributed by atoms with Gasteiger partial charge in [-0.3, -0.25) is 5.21 Å². The fraction of sp³-hybridized carbons (Fsp3) is 0.667. The molecule has 3 heterocycles. The summed E-state index contributed by atoms with van der Waals surface area (Å²) in [5.74, 6) is -0.168. The maximum atomic E-state index is 13.7. The molecule has 4 aliphatic rings. The zero-order valence-electron chi connectivity index (χ0n) is 27.3. The van der Waals surface area contributed by atoms with Crippen molar-refractivity contribution in [2.45, 2.75) is 126 Å². The molecule has 1 N–H and O–H groups in total. The van der Waals surface area contributed by atoms with Gasteiger partial charge in [-0.2, -0.15) is 0 Å². The fourth-order valence-corrected chi connectivity index (χ4v) is 9.70. The molecule has 6 rings (SSSR count). The molecule has 252 valence electrons. The van der Waals surface area contributed by atoms with E-state index < -0.39 is 35.1 Å². The Morgan fingerprint density at radius 2 is 1.58 bits per heavy atom. The molecule has 0 radical (unpaired) electrons. The summed E-state index contributed by atoms with van der Waals surface area (Å²) in [6.07, 6.45) is 4.70. The highest BCUT2D eigenvalue weighted by molar-refractivity contribution is 8.45. The quantitative estimate of drug-likeness (QED) is 0.148. The number of nitrogens with zero attached hydrogens (tertiary/aromatic N) is 1. The van der Waals surface area contributed by atoms with Gasteiger partial charge in [-0.25, -0.2) is 0 Å². The van der Waals surface area contributed by atoms with E-state index in [0.29, 0.717) is 61.4 Å². The van der Waals surface area contributed by atoms with Gasteiger partial charge in [-0.15, -0.1) is 0 Å². The van der Waals surface area contributed by atoms with Gasteiger partial charge in [0.15, 0.2) is 8.32 Å². The minimum Gasteiger partial charge on any atom is -0.410 e. The summed E-state index contributed by atoms with van der Waals surface area (Å²) in [6.45, 7) is 15.9. The van der Waals surface area contributed by atoms with Crippen LogP contribution in [0.1, 0.15) is 125 Å². The lowest BCUT2D eigenvalue weighted by Gasteiger charge is -2.50. The number of hydrogen-bond acceptors (Lipinski definition) is 4. The third-order valence-electron chi connectivity index (χ3n) is 11.3. The number of fused-ring (bicyclic) bond motifs is 4. The number of benzene rings is 1. The SMILES string of the molecule is CC(C)c1c2c(c3c([n+]1O)CC1(CCC1)CC3O[Si](C)(C)C(C)(C)C)C1(CCOCC1)OC2c1ccc(S(F)(F)(F)(F)F)cc1. The highest BCUT2D eigenvalue weighted by Gasteiger charge is 2.65. The number of pyridine rings is 1. The molecule has 2 atom stereocenters. The van der Waals surface area contributed by atoms with Crippen LogP contribution in [-0.4, -0.2) is 26.7 Å². The van der Waals surface area contributed by atoms with Crippen molar-refractivity contribution in [1.29, 1.82) is 0 Å². The summed E-state index contributed by atoms with van der Waals surface area (Å²) < 4.78 is 89.6. The topological polar surface area (TPSA) is 51.8 Å². The van der Waals surface area contributed by atoms with Gasteiger partial charge in [0.1, 0.15) is 11.0 Å². The molecule has 2 unspecified atom stereocenters. The predicted molar refractivity (Wildman–Crippen MR) is 166 cm³/mol. The summed E-state index contributed by atoms with van der Waals surface area (Å²) in [4.78, 5) is -1.93. The van der Waals surface area contributed by atoms with Gasteiger partial charge in [0, 0.05) is 48.7 Å². The van der Waals surface area contributed by atoms with Crippen LogP contribution in [0.25, 0.3) is 0 Å². The first-order chi connectivity index (χ1) is 20.5. The first-order valence-corrected chi connectivity index (χ1v) is 21.0. The van der Waals surface area contributed by atoms with Crippen LogP contribution < -0.4 is 4.73 Å². The maximum absolute atomic E-state index is 13.7. The molecule has 2 aliphatic carbocycles. The molecule has 2 aliphatic heterocycles. The number of rotatable bonds is 5. The molecule has 1 saturated carbocycles. The van der Waals surface area contributed by atoms with Crippen molar-refractivity contribution >= 4 is 18.5 Å². The Balaban J connectivity index is 1.61. The van der Waals surface area contributed by atoms with E-state index in [0.717, 1.165) is 54.6 Å². The molecule has 1 aromatic carbocycles. The summed E-state index contributed by atoms with van der Waals surface area (Å²) in [5, 5.41) is 12.1. The smallest absolute Gasteiger partial charge is 0.310 e. The highest BCUT2D eigenvalue weighted by atomic mass is 32.5. The van der Waals surface area contributed by atoms with E-state index in [1.165, 1.54) is 4.73 Å². The van der Waals surface area contributed by atoms with E-state index in [-0.39, 0.29) is 22.5 Å². The molecule has 45 heavy (non-hydrogen) atoms. The van der Waals surface area contributed by atoms with Crippen molar-refractivity contribution in [3.05, 3.63) is 57.9 Å². The van der Waals surface area contributed by atoms with Gasteiger partial charge >= 0.3 is 10.2 Å². The zero-order valence-corrected chi connectivity index (χ0v) is 29.1. The molecule has 2 aromatic rings. The maximum Gasteiger partial charge on any atom is 0.310 e. The molecule has 2 spiro atoms. The Hall–Kier alpha value is -1.73. The highest BCUT2D eigenvalue weighted by Crippen LogP contribution is 3.02. The molecule has 1 aromatic heterocycles. The van der Waals surface area contributed by atoms with E-state index in [2.05, 4.69) is 33.9 Å². The summed E-state index contributed by atoms with van der Waals surface area (Å²) in [7, 11) is -12.2. The van der Waals surface area contributed by atoms with Crippen molar-refractivity contribution in [3.8, 4) is 0 Å². The van der Waals surface area contributed by atoms with Crippen LogP contribution in [0, 0.1) is 5.41 Å². The molecular weight excluding hydrogens is 630 g/mol. The molecular formula is C33H47F5NO4SSi+. The lowest BCUT2D eigenvalue weighted by atomic mass is 9.58. The van der Waals surface area contributed by atoms with Crippen molar-refractivity contribution in [2.24, 2.45) is 5.41 Å². The first-order valence-electron chi connectivity index (χ1n) is 16.1. The van der Waals surface area contributed by atoms with Crippen LogP contribution >= 0.6 is 10.2 Å². The Morgan fingerprint density at radius 3 is 2.07 bits per heavy atom. The second kappa shape index (κ2) is 9.67. The van der Waals surface area contributed by atoms with Gasteiger partial charge in [0.05, 0.1) is 22.8 Å². The van der Waals surface area contributed by atoms with Crippen molar-refractivity contribution < 1.29 is 43.3 Å². The van der Waals surface area contributed by atoms with E-state index in [9.17, 15) is 24.6 Å². The van der Waals surface area contributed by atoms with E-state index in [1.54, 1.807) is 0 Å². The van der Waals surface area contributed by atoms with Crippen molar-refractivity contribution in [3.63, 3.8) is 0 Å². The molecule has 12 heteroatoms. The van der Waals surface area contributed by atoms with Gasteiger partial charge in [-0.1, -0.05) is 72.6 Å². The van der Waals surface area contributed by atoms with E-state index >= 15 is 0 Å². The number of aromatic nitrogens is 1. The fourth-order valence-electron chi connectivity index (χ4n) is 7.78. The molecule has 2 fully saturated rings. The van der Waals surface area contributed by atoms with E-state index in [1.807, 2.05) is 13.8 Å². The Labute approximate surface area is 264 Å². The molecule has 0 bridgehead atoms. The normalized spacial score (nSPS) is 25.9. The third kappa shape index (κ3) is 5.54. The minimum absolute atomic E-state index is 0.0378. The van der Waals surface area contributed by atoms with Crippen LogP contribution in [0.2, 0.25) is 18.1 Å². The average Bonchev–Trinajstić information content (AvgIpc) is 3.19. The van der Waals surface area contributed by atoms with Crippen LogP contribution in [-0.2, 0) is 25.9 Å². The summed E-state index contributed by atoms with van der Waals surface area (Å²) in [6, 6.07) is 3.11. The Kier molecular flexibility index (Phi) is 7.13. The van der Waals surface area contributed by atoms with Gasteiger partial charge in [0.25, 0.3) is 0 Å². The van der Waals surface area contributed by atoms with Crippen LogP contribution in [0.3, 0.4) is 0 Å². The van der Waals surface area contributed by atoms with Gasteiger partial charge in [0.2, 0.25) is 11.4 Å². The molecule has 5 nitrogen and oxygen atoms in total. The number of ether oxygens (including phenoxy) is 2. The summed E-state index contributed by atoms with van der Waals surface area (Å²) >= 11 is 0. The lowest BCUT2D eigenvalue weighted by molar-refractivity contribution is -0.916. The second-order valence-corrected chi connectivity index (χ2v) is 22.9. The number of halogens is 5. The Morgan fingerprint density at radius 1 is 0.978 bits per heavy atom. The van der Waals surface area contributed by atoms with Crippen molar-refractivity contribution in [1.82, 2.24) is 0 Å². The second-order valence-electron chi connectivity index (χ2n) is 15.7. The first kappa shape index (κ1) is 33.2. The van der Waals surface area contributed by atoms with Gasteiger partial charge in [-0.05, 0) is 60.5 Å². The minimum atomic E-state index is -9.86. The third-order valence-corrected chi connectivity index (χ3v) is 16.9. The lowest BCUT2D eigenvalue weighted by Crippen LogP contribution is -2.52. The monoisotopic (exact) mass is 676 g/mol. The van der Waals surface area contributed by atoms with Crippen molar-refractivity contribution in [2.75, 3.05) is 13.2 Å². The van der Waals surface area contributed by atoms with Crippen LogP contribution in [0.15, 0.2) is 29.2 Å². The average molecular weight is 677 g/mol. The molecule has 1 saturated heterocycles. The predicted octanol–water partition coefficient (Wildman–Crippen LogP) is 10.3. The Bertz CT molecular complexity index is 1510. The molecule has 0 amide bonds. The largest absolute Gasteiger partial charge is 0.410 e. The zero-order chi connectivity index (χ0) is 33.1. The van der Waals surface area contributed by atoms with Crippen LogP contribution in [0.5, 0.6) is 0 Å². The summed E-state index contributed by atoms with van der Waals surface area (Å²) in [5.41, 5.74) is 3.62.